The van der Waals surface area contributed by atoms with Gasteiger partial charge in [0.15, 0.2) is 6.61 Å². The van der Waals surface area contributed by atoms with Crippen molar-refractivity contribution >= 4 is 0 Å². The molecule has 1 aromatic carbocycles. The average molecular weight is 204 g/mol. The summed E-state index contributed by atoms with van der Waals surface area (Å²) in [6.45, 7) is 4.95. The topological polar surface area (TPSA) is 45.0 Å². The fourth-order valence-corrected chi connectivity index (χ4v) is 1.68. The van der Waals surface area contributed by atoms with E-state index >= 15 is 0 Å². The summed E-state index contributed by atoms with van der Waals surface area (Å²) in [6, 6.07) is 6.13. The molecule has 0 aliphatic heterocycles. The lowest BCUT2D eigenvalue weighted by atomic mass is 10.1. The number of rotatable bonds is 4. The van der Waals surface area contributed by atoms with Crippen LogP contribution in [0.1, 0.15) is 16.7 Å². The first-order valence-electron chi connectivity index (χ1n) is 4.93. The van der Waals surface area contributed by atoms with E-state index < -0.39 is 0 Å². The second-order valence-electron chi connectivity index (χ2n) is 3.54. The molecule has 0 heterocycles. The van der Waals surface area contributed by atoms with Gasteiger partial charge in [0, 0.05) is 6.54 Å². The van der Waals surface area contributed by atoms with Crippen molar-refractivity contribution in [2.75, 3.05) is 13.7 Å². The Morgan fingerprint density at radius 1 is 1.33 bits per heavy atom. The molecule has 0 amide bonds. The number of benzene rings is 1. The van der Waals surface area contributed by atoms with Crippen LogP contribution in [0, 0.1) is 25.2 Å². The Bertz CT molecular complexity index is 357. The van der Waals surface area contributed by atoms with Crippen LogP contribution in [0.4, 0.5) is 0 Å². The van der Waals surface area contributed by atoms with Crippen molar-refractivity contribution in [2.45, 2.75) is 20.4 Å². The smallest absolute Gasteiger partial charge is 0.174 e. The van der Waals surface area contributed by atoms with Gasteiger partial charge in [0.2, 0.25) is 0 Å². The molecular formula is C12H16N2O. The third-order valence-corrected chi connectivity index (χ3v) is 2.18. The van der Waals surface area contributed by atoms with Crippen molar-refractivity contribution in [1.29, 1.82) is 5.26 Å². The highest BCUT2D eigenvalue weighted by atomic mass is 16.5. The summed E-state index contributed by atoms with van der Waals surface area (Å²) in [7, 11) is 1.92. The molecule has 0 radical (unpaired) electrons. The normalized spacial score (nSPS) is 9.73. The highest BCUT2D eigenvalue weighted by Gasteiger charge is 2.05. The SMILES string of the molecule is CNCc1cc(C)c(OCC#N)c(C)c1. The molecule has 0 spiro atoms. The number of nitriles is 1. The lowest BCUT2D eigenvalue weighted by Gasteiger charge is -2.11. The fraction of sp³-hybridized carbons (Fsp3) is 0.417. The number of nitrogens with zero attached hydrogens (tertiary/aromatic N) is 1. The van der Waals surface area contributed by atoms with Crippen LogP contribution >= 0.6 is 0 Å². The van der Waals surface area contributed by atoms with Gasteiger partial charge in [0.05, 0.1) is 0 Å². The molecule has 1 N–H and O–H groups in total. The summed E-state index contributed by atoms with van der Waals surface area (Å²) >= 11 is 0. The molecule has 0 aliphatic carbocycles. The second-order valence-corrected chi connectivity index (χ2v) is 3.54. The summed E-state index contributed by atoms with van der Waals surface area (Å²) in [5.41, 5.74) is 3.39. The van der Waals surface area contributed by atoms with Crippen LogP contribution in [-0.4, -0.2) is 13.7 Å². The maximum absolute atomic E-state index is 8.46. The summed E-state index contributed by atoms with van der Waals surface area (Å²) in [5, 5.41) is 11.6. The van der Waals surface area contributed by atoms with Gasteiger partial charge in [-0.2, -0.15) is 5.26 Å². The predicted octanol–water partition coefficient (Wildman–Crippen LogP) is 1.93. The van der Waals surface area contributed by atoms with Crippen molar-refractivity contribution in [3.05, 3.63) is 28.8 Å². The minimum absolute atomic E-state index is 0.104. The van der Waals surface area contributed by atoms with E-state index in [0.29, 0.717) is 0 Å². The quantitative estimate of drug-likeness (QED) is 0.815. The summed E-state index contributed by atoms with van der Waals surface area (Å²) in [5.74, 6) is 0.830. The van der Waals surface area contributed by atoms with Gasteiger partial charge in [0.1, 0.15) is 11.8 Å². The zero-order chi connectivity index (χ0) is 11.3. The van der Waals surface area contributed by atoms with E-state index in [1.165, 1.54) is 5.56 Å². The Balaban J connectivity index is 2.94. The summed E-state index contributed by atoms with van der Waals surface area (Å²) in [4.78, 5) is 0. The van der Waals surface area contributed by atoms with Gasteiger partial charge in [-0.25, -0.2) is 0 Å². The molecule has 0 saturated carbocycles. The van der Waals surface area contributed by atoms with Crippen LogP contribution in [-0.2, 0) is 6.54 Å². The molecule has 3 heteroatoms. The van der Waals surface area contributed by atoms with E-state index in [-0.39, 0.29) is 6.61 Å². The highest BCUT2D eigenvalue weighted by molar-refractivity contribution is 5.43. The maximum Gasteiger partial charge on any atom is 0.174 e. The van der Waals surface area contributed by atoms with Crippen LogP contribution in [0.15, 0.2) is 12.1 Å². The van der Waals surface area contributed by atoms with Crippen molar-refractivity contribution in [3.63, 3.8) is 0 Å². The van der Waals surface area contributed by atoms with E-state index in [0.717, 1.165) is 23.4 Å². The molecular weight excluding hydrogens is 188 g/mol. The van der Waals surface area contributed by atoms with Crippen molar-refractivity contribution in [2.24, 2.45) is 0 Å². The molecule has 1 aromatic rings. The average Bonchev–Trinajstić information content (AvgIpc) is 2.17. The van der Waals surface area contributed by atoms with Gasteiger partial charge in [0.25, 0.3) is 0 Å². The molecule has 0 fully saturated rings. The van der Waals surface area contributed by atoms with Gasteiger partial charge >= 0.3 is 0 Å². The van der Waals surface area contributed by atoms with Gasteiger partial charge in [-0.15, -0.1) is 0 Å². The lowest BCUT2D eigenvalue weighted by molar-refractivity contribution is 0.362. The third-order valence-electron chi connectivity index (χ3n) is 2.18. The van der Waals surface area contributed by atoms with E-state index in [1.807, 2.05) is 27.0 Å². The first-order chi connectivity index (χ1) is 7.19. The van der Waals surface area contributed by atoms with Gasteiger partial charge in [-0.3, -0.25) is 0 Å². The molecule has 3 nitrogen and oxygen atoms in total. The zero-order valence-corrected chi connectivity index (χ0v) is 9.42. The van der Waals surface area contributed by atoms with E-state index in [2.05, 4.69) is 17.4 Å². The van der Waals surface area contributed by atoms with Crippen LogP contribution in [0.3, 0.4) is 0 Å². The predicted molar refractivity (Wildman–Crippen MR) is 59.8 cm³/mol. The maximum atomic E-state index is 8.46. The molecule has 0 unspecified atom stereocenters. The van der Waals surface area contributed by atoms with E-state index in [1.54, 1.807) is 0 Å². The Morgan fingerprint density at radius 2 is 1.93 bits per heavy atom. The Hall–Kier alpha value is -1.53. The molecule has 0 atom stereocenters. The van der Waals surface area contributed by atoms with Crippen LogP contribution in [0.25, 0.3) is 0 Å². The number of ether oxygens (including phenoxy) is 1. The fourth-order valence-electron chi connectivity index (χ4n) is 1.68. The summed E-state index contributed by atoms with van der Waals surface area (Å²) < 4.78 is 5.37. The standard InChI is InChI=1S/C12H16N2O/c1-9-6-11(8-14-3)7-10(2)12(9)15-5-4-13/h6-7,14H,5,8H2,1-3H3. The van der Waals surface area contributed by atoms with E-state index in [4.69, 9.17) is 10.00 Å². The van der Waals surface area contributed by atoms with Crippen molar-refractivity contribution in [3.8, 4) is 11.8 Å². The minimum Gasteiger partial charge on any atom is -0.478 e. The lowest BCUT2D eigenvalue weighted by Crippen LogP contribution is -2.06. The van der Waals surface area contributed by atoms with Gasteiger partial charge < -0.3 is 10.1 Å². The number of nitrogens with one attached hydrogen (secondary N) is 1. The monoisotopic (exact) mass is 204 g/mol. The van der Waals surface area contributed by atoms with Crippen LogP contribution < -0.4 is 10.1 Å². The third kappa shape index (κ3) is 2.97. The summed E-state index contributed by atoms with van der Waals surface area (Å²) in [6.07, 6.45) is 0. The van der Waals surface area contributed by atoms with Crippen molar-refractivity contribution < 1.29 is 4.74 Å². The Morgan fingerprint density at radius 3 is 2.40 bits per heavy atom. The van der Waals surface area contributed by atoms with Gasteiger partial charge in [-0.05, 0) is 37.6 Å². The minimum atomic E-state index is 0.104. The molecule has 15 heavy (non-hydrogen) atoms. The number of hydrogen-bond donors (Lipinski definition) is 1. The van der Waals surface area contributed by atoms with Crippen LogP contribution in [0.2, 0.25) is 0 Å². The zero-order valence-electron chi connectivity index (χ0n) is 9.42. The largest absolute Gasteiger partial charge is 0.478 e. The molecule has 0 aromatic heterocycles. The highest BCUT2D eigenvalue weighted by Crippen LogP contribution is 2.24. The Labute approximate surface area is 90.7 Å². The molecule has 0 bridgehead atoms. The molecule has 80 valence electrons. The Kier molecular flexibility index (Phi) is 4.14. The van der Waals surface area contributed by atoms with Gasteiger partial charge in [-0.1, -0.05) is 12.1 Å². The van der Waals surface area contributed by atoms with Crippen molar-refractivity contribution in [1.82, 2.24) is 5.32 Å². The van der Waals surface area contributed by atoms with Crippen LogP contribution in [0.5, 0.6) is 5.75 Å². The molecule has 0 aliphatic rings. The molecule has 0 saturated heterocycles. The second kappa shape index (κ2) is 5.38. The first-order valence-corrected chi connectivity index (χ1v) is 4.93. The molecule has 1 rings (SSSR count). The first kappa shape index (κ1) is 11.5. The number of aryl methyl sites for hydroxylation is 2. The number of hydrogen-bond acceptors (Lipinski definition) is 3. The van der Waals surface area contributed by atoms with E-state index in [9.17, 15) is 0 Å².